The highest BCUT2D eigenvalue weighted by molar-refractivity contribution is 7.17. The molecule has 0 aliphatic carbocycles. The van der Waals surface area contributed by atoms with Gasteiger partial charge in [-0.1, -0.05) is 0 Å². The van der Waals surface area contributed by atoms with Crippen LogP contribution < -0.4 is 10.5 Å². The largest absolute Gasteiger partial charge is 0.352 e. The van der Waals surface area contributed by atoms with Gasteiger partial charge in [0.1, 0.15) is 16.3 Å². The van der Waals surface area contributed by atoms with Crippen LogP contribution in [0, 0.1) is 13.8 Å². The fourth-order valence-electron chi connectivity index (χ4n) is 2.86. The smallest absolute Gasteiger partial charge is 0.268 e. The molecular formula is C16H16N6OS. The zero-order valence-corrected chi connectivity index (χ0v) is 14.4. The van der Waals surface area contributed by atoms with Crippen LogP contribution in [0.5, 0.6) is 0 Å². The minimum atomic E-state index is -0.0923. The molecule has 0 saturated carbocycles. The minimum absolute atomic E-state index is 0.0923. The molecule has 122 valence electrons. The zero-order chi connectivity index (χ0) is 16.8. The molecule has 0 amide bonds. The van der Waals surface area contributed by atoms with Crippen molar-refractivity contribution in [3.63, 3.8) is 0 Å². The molecule has 0 saturated heterocycles. The van der Waals surface area contributed by atoms with E-state index in [0.29, 0.717) is 17.1 Å². The summed E-state index contributed by atoms with van der Waals surface area (Å²) in [5.74, 6) is 1.57. The first-order valence-corrected chi connectivity index (χ1v) is 8.41. The van der Waals surface area contributed by atoms with Crippen LogP contribution in [0.3, 0.4) is 0 Å². The van der Waals surface area contributed by atoms with Gasteiger partial charge < -0.3 is 9.88 Å². The molecule has 0 aliphatic rings. The molecule has 0 spiro atoms. The molecule has 0 bridgehead atoms. The summed E-state index contributed by atoms with van der Waals surface area (Å²) in [6, 6.07) is 3.74. The maximum atomic E-state index is 12.1. The molecule has 4 heterocycles. The lowest BCUT2D eigenvalue weighted by Crippen LogP contribution is -2.24. The third-order valence-electron chi connectivity index (χ3n) is 4.10. The SMILES string of the molecule is Cc1nc2ccnn2c(N(C)Cc2nc3ccsc3c(=O)[nH]2)c1C. The molecular weight excluding hydrogens is 324 g/mol. The van der Waals surface area contributed by atoms with Crippen molar-refractivity contribution in [3.05, 3.63) is 51.1 Å². The van der Waals surface area contributed by atoms with Gasteiger partial charge in [0.25, 0.3) is 5.56 Å². The minimum Gasteiger partial charge on any atom is -0.352 e. The highest BCUT2D eigenvalue weighted by atomic mass is 32.1. The van der Waals surface area contributed by atoms with Gasteiger partial charge in [0.15, 0.2) is 5.65 Å². The third kappa shape index (κ3) is 2.26. The molecule has 4 rings (SSSR count). The second-order valence-corrected chi connectivity index (χ2v) is 6.67. The number of nitrogens with zero attached hydrogens (tertiary/aromatic N) is 5. The summed E-state index contributed by atoms with van der Waals surface area (Å²) in [6.07, 6.45) is 1.73. The first kappa shape index (κ1) is 14.8. The van der Waals surface area contributed by atoms with Crippen LogP contribution in [0.2, 0.25) is 0 Å². The second kappa shape index (κ2) is 5.41. The monoisotopic (exact) mass is 340 g/mol. The van der Waals surface area contributed by atoms with Crippen LogP contribution in [0.15, 0.2) is 28.5 Å². The van der Waals surface area contributed by atoms with E-state index in [0.717, 1.165) is 28.2 Å². The van der Waals surface area contributed by atoms with Crippen LogP contribution in [0.1, 0.15) is 17.1 Å². The quantitative estimate of drug-likeness (QED) is 0.619. The van der Waals surface area contributed by atoms with Crippen molar-refractivity contribution in [2.45, 2.75) is 20.4 Å². The van der Waals surface area contributed by atoms with E-state index in [-0.39, 0.29) is 5.56 Å². The molecule has 0 unspecified atom stereocenters. The lowest BCUT2D eigenvalue weighted by atomic mass is 10.2. The van der Waals surface area contributed by atoms with E-state index in [4.69, 9.17) is 0 Å². The molecule has 7 nitrogen and oxygen atoms in total. The van der Waals surface area contributed by atoms with Crippen LogP contribution in [0.4, 0.5) is 5.82 Å². The number of fused-ring (bicyclic) bond motifs is 2. The molecule has 0 aliphatic heterocycles. The summed E-state index contributed by atoms with van der Waals surface area (Å²) in [7, 11) is 1.96. The first-order chi connectivity index (χ1) is 11.5. The van der Waals surface area contributed by atoms with Crippen molar-refractivity contribution in [1.82, 2.24) is 24.6 Å². The Kier molecular flexibility index (Phi) is 3.34. The van der Waals surface area contributed by atoms with E-state index in [1.165, 1.54) is 11.3 Å². The number of thiophene rings is 1. The summed E-state index contributed by atoms with van der Waals surface area (Å²) < 4.78 is 2.47. The number of aromatic amines is 1. The Hall–Kier alpha value is -2.74. The van der Waals surface area contributed by atoms with E-state index in [1.807, 2.05) is 47.8 Å². The Morgan fingerprint density at radius 2 is 2.12 bits per heavy atom. The van der Waals surface area contributed by atoms with Gasteiger partial charge in [-0.15, -0.1) is 11.3 Å². The van der Waals surface area contributed by atoms with Crippen LogP contribution in [-0.4, -0.2) is 31.6 Å². The predicted molar refractivity (Wildman–Crippen MR) is 94.8 cm³/mol. The second-order valence-electron chi connectivity index (χ2n) is 5.75. The van der Waals surface area contributed by atoms with Crippen molar-refractivity contribution in [3.8, 4) is 0 Å². The summed E-state index contributed by atoms with van der Waals surface area (Å²) in [5, 5.41) is 6.24. The fourth-order valence-corrected chi connectivity index (χ4v) is 3.59. The summed E-state index contributed by atoms with van der Waals surface area (Å²) in [4.78, 5) is 26.1. The highest BCUT2D eigenvalue weighted by Crippen LogP contribution is 2.23. The van der Waals surface area contributed by atoms with Crippen molar-refractivity contribution >= 4 is 33.0 Å². The number of rotatable bonds is 3. The molecule has 4 aromatic heterocycles. The van der Waals surface area contributed by atoms with Crippen molar-refractivity contribution in [2.24, 2.45) is 0 Å². The Morgan fingerprint density at radius 3 is 2.96 bits per heavy atom. The number of aryl methyl sites for hydroxylation is 1. The van der Waals surface area contributed by atoms with Gasteiger partial charge in [-0.3, -0.25) is 4.79 Å². The normalized spacial score (nSPS) is 11.5. The van der Waals surface area contributed by atoms with Crippen molar-refractivity contribution in [1.29, 1.82) is 0 Å². The topological polar surface area (TPSA) is 79.2 Å². The molecule has 8 heteroatoms. The number of aromatic nitrogens is 5. The van der Waals surface area contributed by atoms with Gasteiger partial charge in [0.05, 0.1) is 18.3 Å². The molecule has 0 radical (unpaired) electrons. The Balaban J connectivity index is 1.78. The Morgan fingerprint density at radius 1 is 1.29 bits per heavy atom. The number of hydrogen-bond donors (Lipinski definition) is 1. The lowest BCUT2D eigenvalue weighted by molar-refractivity contribution is 0.784. The standard InChI is InChI=1S/C16H16N6OS/c1-9-10(2)18-13-4-6-17-22(13)16(9)21(3)8-12-19-11-5-7-24-14(11)15(23)20-12/h4-7H,8H2,1-3H3,(H,19,20,23). The molecule has 0 atom stereocenters. The van der Waals surface area contributed by atoms with Crippen LogP contribution in [0.25, 0.3) is 15.9 Å². The van der Waals surface area contributed by atoms with E-state index in [2.05, 4.69) is 20.1 Å². The number of H-pyrrole nitrogens is 1. The Labute approximate surface area is 141 Å². The predicted octanol–water partition coefficient (Wildman–Crippen LogP) is 2.28. The van der Waals surface area contributed by atoms with Crippen molar-refractivity contribution < 1.29 is 0 Å². The highest BCUT2D eigenvalue weighted by Gasteiger charge is 2.16. The third-order valence-corrected chi connectivity index (χ3v) is 5.00. The maximum Gasteiger partial charge on any atom is 0.268 e. The van der Waals surface area contributed by atoms with E-state index in [1.54, 1.807) is 6.20 Å². The molecule has 0 fully saturated rings. The summed E-state index contributed by atoms with van der Waals surface area (Å²) in [5.41, 5.74) is 3.45. The maximum absolute atomic E-state index is 12.1. The van der Waals surface area contributed by atoms with Gasteiger partial charge in [0.2, 0.25) is 0 Å². The fraction of sp³-hybridized carbons (Fsp3) is 0.250. The van der Waals surface area contributed by atoms with Gasteiger partial charge in [0, 0.05) is 24.4 Å². The summed E-state index contributed by atoms with van der Waals surface area (Å²) in [6.45, 7) is 4.48. The van der Waals surface area contributed by atoms with E-state index in [9.17, 15) is 4.79 Å². The lowest BCUT2D eigenvalue weighted by Gasteiger charge is -2.22. The Bertz CT molecular complexity index is 1110. The van der Waals surface area contributed by atoms with Crippen LogP contribution in [-0.2, 0) is 6.54 Å². The van der Waals surface area contributed by atoms with Gasteiger partial charge in [-0.05, 0) is 25.3 Å². The average Bonchev–Trinajstić information content (AvgIpc) is 3.17. The summed E-state index contributed by atoms with van der Waals surface area (Å²) >= 11 is 1.40. The van der Waals surface area contributed by atoms with E-state index >= 15 is 0 Å². The number of nitrogens with one attached hydrogen (secondary N) is 1. The van der Waals surface area contributed by atoms with E-state index < -0.39 is 0 Å². The van der Waals surface area contributed by atoms with Gasteiger partial charge in [-0.25, -0.2) is 9.97 Å². The first-order valence-electron chi connectivity index (χ1n) is 7.53. The van der Waals surface area contributed by atoms with Crippen LogP contribution >= 0.6 is 11.3 Å². The number of hydrogen-bond acceptors (Lipinski definition) is 6. The van der Waals surface area contributed by atoms with Gasteiger partial charge >= 0.3 is 0 Å². The van der Waals surface area contributed by atoms with Gasteiger partial charge in [-0.2, -0.15) is 9.61 Å². The average molecular weight is 340 g/mol. The molecule has 24 heavy (non-hydrogen) atoms. The molecule has 0 aromatic carbocycles. The number of anilines is 1. The zero-order valence-electron chi connectivity index (χ0n) is 13.6. The molecule has 1 N–H and O–H groups in total. The van der Waals surface area contributed by atoms with Crippen molar-refractivity contribution in [2.75, 3.05) is 11.9 Å². The molecule has 4 aromatic rings.